The second-order valence-electron chi connectivity index (χ2n) is 6.48. The first kappa shape index (κ1) is 20.2. The molecule has 0 saturated carbocycles. The Labute approximate surface area is 168 Å². The summed E-state index contributed by atoms with van der Waals surface area (Å²) in [5.41, 5.74) is 1.95. The van der Waals surface area contributed by atoms with Gasteiger partial charge in [-0.3, -0.25) is 14.9 Å². The number of hydrogen-bond donors (Lipinski definition) is 3. The lowest BCUT2D eigenvalue weighted by molar-refractivity contribution is -0.118. The lowest BCUT2D eigenvalue weighted by Gasteiger charge is -2.17. The fourth-order valence-corrected chi connectivity index (χ4v) is 2.99. The van der Waals surface area contributed by atoms with E-state index in [0.29, 0.717) is 29.4 Å². The number of nitrogens with zero attached hydrogens (tertiary/aromatic N) is 1. The Kier molecular flexibility index (Phi) is 6.33. The highest BCUT2D eigenvalue weighted by Gasteiger charge is 2.22. The van der Waals surface area contributed by atoms with E-state index in [-0.39, 0.29) is 11.8 Å². The van der Waals surface area contributed by atoms with Crippen LogP contribution in [0.15, 0.2) is 42.5 Å². The highest BCUT2D eigenvalue weighted by Crippen LogP contribution is 2.27. The van der Waals surface area contributed by atoms with E-state index >= 15 is 0 Å². The van der Waals surface area contributed by atoms with Gasteiger partial charge in [0.1, 0.15) is 6.04 Å². The number of fused-ring (bicyclic) bond motifs is 1. The number of carbonyl (C=O) groups excluding carboxylic acids is 2. The standard InChI is InChI=1S/C21H24N4O4/c1-4-7-16(20(27)25-21-23-14-8-5-6-9-15(14)24-21)22-19(26)13-10-11-17(28-2)18(12-13)29-3/h5-6,8-12,16H,4,7H2,1-3H3,(H,22,26)(H2,23,24,25,27)/t16-/m0/s1. The molecule has 2 amide bonds. The Hall–Kier alpha value is -3.55. The molecule has 2 aromatic carbocycles. The lowest BCUT2D eigenvalue weighted by Crippen LogP contribution is -2.43. The maximum atomic E-state index is 12.7. The van der Waals surface area contributed by atoms with Gasteiger partial charge in [-0.2, -0.15) is 0 Å². The molecule has 3 N–H and O–H groups in total. The van der Waals surface area contributed by atoms with Crippen LogP contribution in [0.1, 0.15) is 30.1 Å². The van der Waals surface area contributed by atoms with Crippen molar-refractivity contribution in [3.05, 3.63) is 48.0 Å². The first-order chi connectivity index (χ1) is 14.0. The zero-order valence-corrected chi connectivity index (χ0v) is 16.6. The molecule has 0 aliphatic carbocycles. The zero-order chi connectivity index (χ0) is 20.8. The van der Waals surface area contributed by atoms with Gasteiger partial charge in [-0.1, -0.05) is 25.5 Å². The summed E-state index contributed by atoms with van der Waals surface area (Å²) < 4.78 is 10.4. The summed E-state index contributed by atoms with van der Waals surface area (Å²) in [6, 6.07) is 11.6. The molecule has 8 heteroatoms. The molecule has 29 heavy (non-hydrogen) atoms. The van der Waals surface area contributed by atoms with E-state index < -0.39 is 6.04 Å². The van der Waals surface area contributed by atoms with Crippen LogP contribution in [0.3, 0.4) is 0 Å². The van der Waals surface area contributed by atoms with Crippen LogP contribution in [-0.4, -0.2) is 42.0 Å². The minimum absolute atomic E-state index is 0.334. The van der Waals surface area contributed by atoms with Crippen LogP contribution in [0.4, 0.5) is 5.95 Å². The summed E-state index contributed by atoms with van der Waals surface area (Å²) in [6.45, 7) is 1.95. The SMILES string of the molecule is CCC[C@H](NC(=O)c1ccc(OC)c(OC)c1)C(=O)Nc1nc2ccccc2[nH]1. The molecule has 1 aromatic heterocycles. The number of aromatic nitrogens is 2. The van der Waals surface area contributed by atoms with Crippen molar-refractivity contribution < 1.29 is 19.1 Å². The highest BCUT2D eigenvalue weighted by molar-refractivity contribution is 6.01. The van der Waals surface area contributed by atoms with Crippen LogP contribution in [0.2, 0.25) is 0 Å². The smallest absolute Gasteiger partial charge is 0.252 e. The number of nitrogens with one attached hydrogen (secondary N) is 3. The predicted molar refractivity (Wildman–Crippen MR) is 110 cm³/mol. The van der Waals surface area contributed by atoms with Crippen LogP contribution >= 0.6 is 0 Å². The summed E-state index contributed by atoms with van der Waals surface area (Å²) in [6.07, 6.45) is 1.22. The number of rotatable bonds is 8. The Morgan fingerprint density at radius 3 is 2.55 bits per heavy atom. The van der Waals surface area contributed by atoms with Crippen molar-refractivity contribution in [3.8, 4) is 11.5 Å². The first-order valence-electron chi connectivity index (χ1n) is 9.34. The molecule has 3 aromatic rings. The third kappa shape index (κ3) is 4.66. The van der Waals surface area contributed by atoms with Crippen molar-refractivity contribution in [3.63, 3.8) is 0 Å². The normalized spacial score (nSPS) is 11.7. The van der Waals surface area contributed by atoms with Crippen molar-refractivity contribution in [2.24, 2.45) is 0 Å². The molecule has 0 aliphatic heterocycles. The van der Waals surface area contributed by atoms with Crippen molar-refractivity contribution >= 4 is 28.8 Å². The van der Waals surface area contributed by atoms with Gasteiger partial charge < -0.3 is 19.8 Å². The number of methoxy groups -OCH3 is 2. The van der Waals surface area contributed by atoms with E-state index in [2.05, 4.69) is 20.6 Å². The summed E-state index contributed by atoms with van der Waals surface area (Å²) in [5, 5.41) is 5.54. The minimum Gasteiger partial charge on any atom is -0.493 e. The number of ether oxygens (including phenoxy) is 2. The first-order valence-corrected chi connectivity index (χ1v) is 9.34. The Morgan fingerprint density at radius 2 is 1.86 bits per heavy atom. The molecule has 152 valence electrons. The molecule has 0 unspecified atom stereocenters. The fourth-order valence-electron chi connectivity index (χ4n) is 2.99. The number of hydrogen-bond acceptors (Lipinski definition) is 5. The van der Waals surface area contributed by atoms with Crippen LogP contribution < -0.4 is 20.1 Å². The van der Waals surface area contributed by atoms with Gasteiger partial charge in [-0.15, -0.1) is 0 Å². The molecule has 8 nitrogen and oxygen atoms in total. The fraction of sp³-hybridized carbons (Fsp3) is 0.286. The molecule has 0 spiro atoms. The summed E-state index contributed by atoms with van der Waals surface area (Å²) >= 11 is 0. The molecule has 0 bridgehead atoms. The van der Waals surface area contributed by atoms with Crippen molar-refractivity contribution in [2.75, 3.05) is 19.5 Å². The maximum absolute atomic E-state index is 12.7. The van der Waals surface area contributed by atoms with Gasteiger partial charge in [0, 0.05) is 5.56 Å². The van der Waals surface area contributed by atoms with E-state index in [0.717, 1.165) is 17.5 Å². The van der Waals surface area contributed by atoms with E-state index in [1.807, 2.05) is 31.2 Å². The van der Waals surface area contributed by atoms with Crippen LogP contribution in [0, 0.1) is 0 Å². The van der Waals surface area contributed by atoms with E-state index in [1.54, 1.807) is 18.2 Å². The molecule has 0 saturated heterocycles. The van der Waals surface area contributed by atoms with Crippen molar-refractivity contribution in [1.82, 2.24) is 15.3 Å². The van der Waals surface area contributed by atoms with E-state index in [4.69, 9.17) is 9.47 Å². The molecule has 0 aliphatic rings. The third-order valence-corrected chi connectivity index (χ3v) is 4.48. The quantitative estimate of drug-likeness (QED) is 0.543. The number of benzene rings is 2. The second-order valence-corrected chi connectivity index (χ2v) is 6.48. The number of aromatic amines is 1. The number of imidazole rings is 1. The molecule has 0 fully saturated rings. The molecular formula is C21H24N4O4. The summed E-state index contributed by atoms with van der Waals surface area (Å²) in [5.74, 6) is 0.609. The van der Waals surface area contributed by atoms with Gasteiger partial charge in [-0.25, -0.2) is 4.98 Å². The monoisotopic (exact) mass is 396 g/mol. The Bertz CT molecular complexity index is 982. The Morgan fingerprint density at radius 1 is 1.10 bits per heavy atom. The highest BCUT2D eigenvalue weighted by atomic mass is 16.5. The van der Waals surface area contributed by atoms with E-state index in [1.165, 1.54) is 14.2 Å². The predicted octanol–water partition coefficient (Wildman–Crippen LogP) is 3.12. The lowest BCUT2D eigenvalue weighted by atomic mass is 10.1. The topological polar surface area (TPSA) is 105 Å². The number of amides is 2. The molecule has 1 atom stereocenters. The Balaban J connectivity index is 1.73. The van der Waals surface area contributed by atoms with Gasteiger partial charge in [0.15, 0.2) is 11.5 Å². The van der Waals surface area contributed by atoms with Crippen LogP contribution in [-0.2, 0) is 4.79 Å². The van der Waals surface area contributed by atoms with Crippen LogP contribution in [0.25, 0.3) is 11.0 Å². The molecule has 0 radical (unpaired) electrons. The number of H-pyrrole nitrogens is 1. The zero-order valence-electron chi connectivity index (χ0n) is 16.6. The molecule has 1 heterocycles. The average Bonchev–Trinajstić information content (AvgIpc) is 3.14. The summed E-state index contributed by atoms with van der Waals surface area (Å²) in [7, 11) is 3.03. The number of anilines is 1. The maximum Gasteiger partial charge on any atom is 0.252 e. The van der Waals surface area contributed by atoms with Crippen LogP contribution in [0.5, 0.6) is 11.5 Å². The van der Waals surface area contributed by atoms with Gasteiger partial charge in [0.05, 0.1) is 25.3 Å². The van der Waals surface area contributed by atoms with Gasteiger partial charge in [0.2, 0.25) is 11.9 Å². The van der Waals surface area contributed by atoms with E-state index in [9.17, 15) is 9.59 Å². The largest absolute Gasteiger partial charge is 0.493 e. The van der Waals surface area contributed by atoms with Crippen molar-refractivity contribution in [1.29, 1.82) is 0 Å². The van der Waals surface area contributed by atoms with Gasteiger partial charge in [0.25, 0.3) is 5.91 Å². The number of para-hydroxylation sites is 2. The minimum atomic E-state index is -0.700. The second kappa shape index (κ2) is 9.09. The summed E-state index contributed by atoms with van der Waals surface area (Å²) in [4.78, 5) is 32.8. The molecular weight excluding hydrogens is 372 g/mol. The number of carbonyl (C=O) groups is 2. The average molecular weight is 396 g/mol. The van der Waals surface area contributed by atoms with Gasteiger partial charge >= 0.3 is 0 Å². The van der Waals surface area contributed by atoms with Crippen molar-refractivity contribution in [2.45, 2.75) is 25.8 Å². The molecule has 3 rings (SSSR count). The third-order valence-electron chi connectivity index (χ3n) is 4.48. The van der Waals surface area contributed by atoms with Gasteiger partial charge in [-0.05, 0) is 36.8 Å².